The van der Waals surface area contributed by atoms with Crippen molar-refractivity contribution < 1.29 is 14.6 Å². The molecule has 0 aliphatic carbocycles. The predicted octanol–water partition coefficient (Wildman–Crippen LogP) is 2.17. The van der Waals surface area contributed by atoms with Gasteiger partial charge in [0.2, 0.25) is 0 Å². The summed E-state index contributed by atoms with van der Waals surface area (Å²) in [5.41, 5.74) is 1.77. The van der Waals surface area contributed by atoms with Crippen LogP contribution in [0.25, 0.3) is 0 Å². The van der Waals surface area contributed by atoms with Crippen LogP contribution in [0.5, 0.6) is 0 Å². The maximum atomic E-state index is 12.4. The molecule has 1 aromatic rings. The second kappa shape index (κ2) is 7.57. The standard InChI is InChI=1S/C17H27NO3/c1-13-8-6-7-9-14(13)12-15(18(5)10-11-19)16(20)21-17(2,3)4/h6-9,15,19H,10-12H2,1-5H3. The molecule has 21 heavy (non-hydrogen) atoms. The zero-order valence-corrected chi connectivity index (χ0v) is 13.7. The van der Waals surface area contributed by atoms with Crippen molar-refractivity contribution in [2.45, 2.75) is 45.8 Å². The van der Waals surface area contributed by atoms with E-state index in [9.17, 15) is 4.79 Å². The molecule has 0 heterocycles. The molecule has 0 amide bonds. The molecule has 1 N–H and O–H groups in total. The average molecular weight is 293 g/mol. The Morgan fingerprint density at radius 2 is 1.95 bits per heavy atom. The first kappa shape index (κ1) is 17.7. The van der Waals surface area contributed by atoms with Crippen molar-refractivity contribution in [3.8, 4) is 0 Å². The molecule has 1 aromatic carbocycles. The monoisotopic (exact) mass is 293 g/mol. The van der Waals surface area contributed by atoms with E-state index >= 15 is 0 Å². The van der Waals surface area contributed by atoms with Gasteiger partial charge in [0.25, 0.3) is 0 Å². The molecule has 0 aliphatic heterocycles. The van der Waals surface area contributed by atoms with Gasteiger partial charge in [-0.3, -0.25) is 9.69 Å². The zero-order chi connectivity index (χ0) is 16.0. The van der Waals surface area contributed by atoms with Crippen LogP contribution in [-0.4, -0.2) is 47.8 Å². The van der Waals surface area contributed by atoms with Crippen LogP contribution in [0.15, 0.2) is 24.3 Å². The summed E-state index contributed by atoms with van der Waals surface area (Å²) in [5.74, 6) is -0.248. The Morgan fingerprint density at radius 3 is 2.48 bits per heavy atom. The lowest BCUT2D eigenvalue weighted by molar-refractivity contribution is -0.161. The van der Waals surface area contributed by atoms with Crippen molar-refractivity contribution in [2.24, 2.45) is 0 Å². The van der Waals surface area contributed by atoms with Gasteiger partial charge in [0, 0.05) is 6.54 Å². The summed E-state index contributed by atoms with van der Waals surface area (Å²) in [4.78, 5) is 14.3. The van der Waals surface area contributed by atoms with Crippen LogP contribution in [-0.2, 0) is 16.0 Å². The van der Waals surface area contributed by atoms with Gasteiger partial charge in [-0.25, -0.2) is 0 Å². The van der Waals surface area contributed by atoms with E-state index in [0.29, 0.717) is 13.0 Å². The minimum absolute atomic E-state index is 0.0174. The van der Waals surface area contributed by atoms with Crippen LogP contribution in [0.4, 0.5) is 0 Å². The van der Waals surface area contributed by atoms with Crippen LogP contribution in [0.3, 0.4) is 0 Å². The number of ether oxygens (including phenoxy) is 1. The molecule has 0 bridgehead atoms. The van der Waals surface area contributed by atoms with E-state index in [4.69, 9.17) is 9.84 Å². The quantitative estimate of drug-likeness (QED) is 0.817. The number of rotatable bonds is 6. The summed E-state index contributed by atoms with van der Waals surface area (Å²) in [5, 5.41) is 9.13. The highest BCUT2D eigenvalue weighted by Crippen LogP contribution is 2.16. The van der Waals surface area contributed by atoms with Crippen molar-refractivity contribution in [3.63, 3.8) is 0 Å². The number of aryl methyl sites for hydroxylation is 1. The third-order valence-electron chi connectivity index (χ3n) is 3.34. The molecule has 4 heteroatoms. The van der Waals surface area contributed by atoms with E-state index in [0.717, 1.165) is 11.1 Å². The van der Waals surface area contributed by atoms with E-state index < -0.39 is 11.6 Å². The molecule has 1 atom stereocenters. The van der Waals surface area contributed by atoms with Gasteiger partial charge in [-0.2, -0.15) is 0 Å². The minimum atomic E-state index is -0.513. The Morgan fingerprint density at radius 1 is 1.33 bits per heavy atom. The van der Waals surface area contributed by atoms with E-state index in [1.165, 1.54) is 0 Å². The van der Waals surface area contributed by atoms with Crippen molar-refractivity contribution in [1.29, 1.82) is 0 Å². The first-order chi connectivity index (χ1) is 9.74. The molecule has 118 valence electrons. The van der Waals surface area contributed by atoms with Crippen LogP contribution in [0.1, 0.15) is 31.9 Å². The van der Waals surface area contributed by atoms with E-state index in [1.54, 1.807) is 0 Å². The number of likely N-dealkylation sites (N-methyl/N-ethyl adjacent to an activating group) is 1. The lowest BCUT2D eigenvalue weighted by Gasteiger charge is -2.30. The zero-order valence-electron chi connectivity index (χ0n) is 13.7. The predicted molar refractivity (Wildman–Crippen MR) is 84.2 cm³/mol. The van der Waals surface area contributed by atoms with Gasteiger partial charge in [-0.05, 0) is 52.3 Å². The molecule has 0 saturated heterocycles. The summed E-state index contributed by atoms with van der Waals surface area (Å²) in [6.07, 6.45) is 0.581. The largest absolute Gasteiger partial charge is 0.459 e. The Bertz CT molecular complexity index is 465. The van der Waals surface area contributed by atoms with E-state index in [2.05, 4.69) is 0 Å². The third-order valence-corrected chi connectivity index (χ3v) is 3.34. The number of aliphatic hydroxyl groups is 1. The smallest absolute Gasteiger partial charge is 0.324 e. The SMILES string of the molecule is Cc1ccccc1CC(C(=O)OC(C)(C)C)N(C)CCO. The fraction of sp³-hybridized carbons (Fsp3) is 0.588. The highest BCUT2D eigenvalue weighted by Gasteiger charge is 2.28. The van der Waals surface area contributed by atoms with Crippen LogP contribution < -0.4 is 0 Å². The molecule has 4 nitrogen and oxygen atoms in total. The van der Waals surface area contributed by atoms with Gasteiger partial charge in [-0.1, -0.05) is 24.3 Å². The van der Waals surface area contributed by atoms with Crippen LogP contribution in [0.2, 0.25) is 0 Å². The van der Waals surface area contributed by atoms with Gasteiger partial charge in [0.05, 0.1) is 6.61 Å². The number of benzene rings is 1. The van der Waals surface area contributed by atoms with Gasteiger partial charge in [-0.15, -0.1) is 0 Å². The number of carbonyl (C=O) groups excluding carboxylic acids is 1. The number of nitrogens with zero attached hydrogens (tertiary/aromatic N) is 1. The van der Waals surface area contributed by atoms with Gasteiger partial charge in [0.1, 0.15) is 11.6 Å². The molecular formula is C17H27NO3. The second-order valence-electron chi connectivity index (χ2n) is 6.38. The number of carbonyl (C=O) groups is 1. The molecule has 1 rings (SSSR count). The summed E-state index contributed by atoms with van der Waals surface area (Å²) in [6.45, 7) is 8.08. The van der Waals surface area contributed by atoms with Gasteiger partial charge < -0.3 is 9.84 Å². The maximum Gasteiger partial charge on any atom is 0.324 e. The first-order valence-corrected chi connectivity index (χ1v) is 7.33. The molecule has 0 fully saturated rings. The minimum Gasteiger partial charge on any atom is -0.459 e. The van der Waals surface area contributed by atoms with Crippen molar-refractivity contribution >= 4 is 5.97 Å². The summed E-state index contributed by atoms with van der Waals surface area (Å²) >= 11 is 0. The lowest BCUT2D eigenvalue weighted by Crippen LogP contribution is -2.45. The normalized spacial score (nSPS) is 13.3. The van der Waals surface area contributed by atoms with Crippen LogP contribution >= 0.6 is 0 Å². The Kier molecular flexibility index (Phi) is 6.37. The Labute approximate surface area is 127 Å². The second-order valence-corrected chi connectivity index (χ2v) is 6.38. The molecule has 0 aromatic heterocycles. The number of hydrogen-bond acceptors (Lipinski definition) is 4. The lowest BCUT2D eigenvalue weighted by atomic mass is 10.00. The summed E-state index contributed by atoms with van der Waals surface area (Å²) < 4.78 is 5.52. The molecular weight excluding hydrogens is 266 g/mol. The topological polar surface area (TPSA) is 49.8 Å². The summed E-state index contributed by atoms with van der Waals surface area (Å²) in [6, 6.07) is 7.63. The Hall–Kier alpha value is -1.39. The molecule has 0 saturated carbocycles. The number of aliphatic hydroxyl groups excluding tert-OH is 1. The van der Waals surface area contributed by atoms with Crippen molar-refractivity contribution in [3.05, 3.63) is 35.4 Å². The molecule has 0 radical (unpaired) electrons. The maximum absolute atomic E-state index is 12.4. The molecule has 1 unspecified atom stereocenters. The molecule has 0 spiro atoms. The van der Waals surface area contributed by atoms with Crippen LogP contribution in [0, 0.1) is 6.92 Å². The van der Waals surface area contributed by atoms with E-state index in [-0.39, 0.29) is 12.6 Å². The van der Waals surface area contributed by atoms with Gasteiger partial charge >= 0.3 is 5.97 Å². The van der Waals surface area contributed by atoms with E-state index in [1.807, 2.05) is 63.9 Å². The average Bonchev–Trinajstić information content (AvgIpc) is 2.35. The highest BCUT2D eigenvalue weighted by molar-refractivity contribution is 5.76. The van der Waals surface area contributed by atoms with Crippen molar-refractivity contribution in [2.75, 3.05) is 20.2 Å². The van der Waals surface area contributed by atoms with Crippen molar-refractivity contribution in [1.82, 2.24) is 4.90 Å². The fourth-order valence-electron chi connectivity index (χ4n) is 2.15. The number of esters is 1. The highest BCUT2D eigenvalue weighted by atomic mass is 16.6. The third kappa shape index (κ3) is 5.86. The Balaban J connectivity index is 2.92. The number of hydrogen-bond donors (Lipinski definition) is 1. The summed E-state index contributed by atoms with van der Waals surface area (Å²) in [7, 11) is 1.84. The fourth-order valence-corrected chi connectivity index (χ4v) is 2.15. The first-order valence-electron chi connectivity index (χ1n) is 7.33. The molecule has 0 aliphatic rings. The van der Waals surface area contributed by atoms with Gasteiger partial charge in [0.15, 0.2) is 0 Å².